The summed E-state index contributed by atoms with van der Waals surface area (Å²) in [5.41, 5.74) is 3.89. The largest absolute Gasteiger partial charge is 0.497 e. The molecule has 2 saturated carbocycles. The van der Waals surface area contributed by atoms with E-state index in [0.29, 0.717) is 24.2 Å². The van der Waals surface area contributed by atoms with Gasteiger partial charge in [-0.2, -0.15) is 0 Å². The highest BCUT2D eigenvalue weighted by Gasteiger charge is 2.60. The number of hydrogen-bond donors (Lipinski definition) is 1. The summed E-state index contributed by atoms with van der Waals surface area (Å²) in [5, 5.41) is 4.42. The molecule has 4 aliphatic carbocycles. The van der Waals surface area contributed by atoms with Crippen molar-refractivity contribution in [3.05, 3.63) is 34.8 Å². The molecule has 6 atom stereocenters. The highest BCUT2D eigenvalue weighted by molar-refractivity contribution is 7.16. The minimum Gasteiger partial charge on any atom is -0.497 e. The van der Waals surface area contributed by atoms with E-state index in [-0.39, 0.29) is 22.9 Å². The number of methoxy groups -OCH3 is 2. The van der Waals surface area contributed by atoms with Gasteiger partial charge >= 0.3 is 5.97 Å². The van der Waals surface area contributed by atoms with Gasteiger partial charge in [-0.15, -0.1) is 0 Å². The second-order valence-electron chi connectivity index (χ2n) is 12.5. The number of aryl methyl sites for hydroxylation is 1. The third kappa shape index (κ3) is 4.36. The molecule has 0 bridgehead atoms. The molecule has 2 fully saturated rings. The number of carbonyl (C=O) groups is 1. The maximum atomic E-state index is 12.4. The second kappa shape index (κ2) is 10.1. The van der Waals surface area contributed by atoms with Crippen LogP contribution in [0.1, 0.15) is 82.7 Å². The van der Waals surface area contributed by atoms with Crippen LogP contribution in [-0.2, 0) is 16.0 Å². The molecule has 1 N–H and O–H groups in total. The van der Waals surface area contributed by atoms with Crippen LogP contribution in [0, 0.1) is 28.6 Å². The Morgan fingerprint density at radius 3 is 2.74 bits per heavy atom. The maximum Gasteiger partial charge on any atom is 0.306 e. The smallest absolute Gasteiger partial charge is 0.306 e. The van der Waals surface area contributed by atoms with Crippen molar-refractivity contribution in [2.45, 2.75) is 84.7 Å². The molecule has 4 aliphatic rings. The predicted molar refractivity (Wildman–Crippen MR) is 156 cm³/mol. The number of ether oxygens (including phenoxy) is 3. The number of rotatable bonds is 7. The molecular weight excluding hydrogens is 508 g/mol. The van der Waals surface area contributed by atoms with Crippen molar-refractivity contribution < 1.29 is 19.0 Å². The zero-order valence-corrected chi connectivity index (χ0v) is 24.8. The first-order valence-electron chi connectivity index (χ1n) is 14.7. The molecule has 0 amide bonds. The van der Waals surface area contributed by atoms with E-state index in [1.807, 2.05) is 25.1 Å². The number of nitrogens with one attached hydrogen (secondary N) is 1. The Morgan fingerprint density at radius 2 is 1.97 bits per heavy atom. The summed E-state index contributed by atoms with van der Waals surface area (Å²) in [4.78, 5) is 18.8. The Bertz CT molecular complexity index is 1290. The molecule has 39 heavy (non-hydrogen) atoms. The molecule has 6 rings (SSSR count). The van der Waals surface area contributed by atoms with Gasteiger partial charge in [0.05, 0.1) is 30.5 Å². The van der Waals surface area contributed by atoms with Gasteiger partial charge in [-0.25, -0.2) is 4.98 Å². The summed E-state index contributed by atoms with van der Waals surface area (Å²) in [6, 6.07) is 5.79. The first-order valence-corrected chi connectivity index (χ1v) is 15.5. The van der Waals surface area contributed by atoms with E-state index in [1.54, 1.807) is 25.6 Å². The van der Waals surface area contributed by atoms with Gasteiger partial charge in [0.15, 0.2) is 5.13 Å². The number of nitrogens with zero attached hydrogens (tertiary/aromatic N) is 1. The van der Waals surface area contributed by atoms with Crippen molar-refractivity contribution in [1.29, 1.82) is 0 Å². The number of carbonyl (C=O) groups excluding carboxylic acids is 1. The zero-order chi connectivity index (χ0) is 27.4. The number of anilines is 2. The summed E-state index contributed by atoms with van der Waals surface area (Å²) >= 11 is 1.77. The summed E-state index contributed by atoms with van der Waals surface area (Å²) < 4.78 is 17.1. The van der Waals surface area contributed by atoms with E-state index in [9.17, 15) is 4.79 Å². The van der Waals surface area contributed by atoms with Gasteiger partial charge < -0.3 is 19.5 Å². The lowest BCUT2D eigenvalue weighted by molar-refractivity contribution is -0.159. The lowest BCUT2D eigenvalue weighted by Crippen LogP contribution is -2.50. The van der Waals surface area contributed by atoms with E-state index in [4.69, 9.17) is 19.2 Å². The normalized spacial score (nSPS) is 32.7. The van der Waals surface area contributed by atoms with E-state index in [1.165, 1.54) is 29.0 Å². The van der Waals surface area contributed by atoms with Crippen molar-refractivity contribution in [2.24, 2.45) is 28.6 Å². The molecular formula is C32H42N2O4S. The van der Waals surface area contributed by atoms with Crippen molar-refractivity contribution in [2.75, 3.05) is 19.5 Å². The van der Waals surface area contributed by atoms with Crippen LogP contribution < -0.4 is 14.8 Å². The van der Waals surface area contributed by atoms with Crippen molar-refractivity contribution >= 4 is 33.7 Å². The minimum atomic E-state index is -0.00901. The van der Waals surface area contributed by atoms with Gasteiger partial charge in [0.1, 0.15) is 17.6 Å². The molecule has 1 heterocycles. The molecule has 0 saturated heterocycles. The highest BCUT2D eigenvalue weighted by atomic mass is 32.1. The van der Waals surface area contributed by atoms with Crippen LogP contribution in [0.4, 0.5) is 10.8 Å². The van der Waals surface area contributed by atoms with Gasteiger partial charge in [0, 0.05) is 17.9 Å². The van der Waals surface area contributed by atoms with E-state index >= 15 is 0 Å². The van der Waals surface area contributed by atoms with Crippen LogP contribution in [0.3, 0.4) is 0 Å². The van der Waals surface area contributed by atoms with Crippen LogP contribution >= 0.6 is 11.3 Å². The monoisotopic (exact) mass is 550 g/mol. The Hall–Kier alpha value is -2.54. The van der Waals surface area contributed by atoms with Crippen molar-refractivity contribution in [3.63, 3.8) is 0 Å². The molecule has 0 aliphatic heterocycles. The number of allylic oxidation sites excluding steroid dienone is 2. The third-order valence-electron chi connectivity index (χ3n) is 10.6. The lowest BCUT2D eigenvalue weighted by atomic mass is 9.48. The van der Waals surface area contributed by atoms with Crippen LogP contribution in [0.5, 0.6) is 11.5 Å². The molecule has 0 unspecified atom stereocenters. The van der Waals surface area contributed by atoms with Gasteiger partial charge in [-0.1, -0.05) is 38.2 Å². The van der Waals surface area contributed by atoms with Crippen molar-refractivity contribution in [3.8, 4) is 11.5 Å². The summed E-state index contributed by atoms with van der Waals surface area (Å²) in [6.07, 6.45) is 11.9. The standard InChI is InChI=1S/C32H42N2O4S/c1-6-7-28(35)38-27-13-11-21-20-9-10-23-29-24(15-17-31(23,2)22(20)14-16-32(21,27)3)33-30(39-29)34-25-18-19(36-4)8-12-26(25)37-5/h8,10,12,18,20-22,27H,6-7,9,11,13-17H2,1-5H3,(H,33,34)/t20-,21-,22-,27-,31+,32-/m0/s1. The van der Waals surface area contributed by atoms with Crippen LogP contribution in [0.25, 0.3) is 5.57 Å². The second-order valence-corrected chi connectivity index (χ2v) is 13.5. The van der Waals surface area contributed by atoms with E-state index < -0.39 is 0 Å². The van der Waals surface area contributed by atoms with Crippen LogP contribution in [-0.4, -0.2) is 31.3 Å². The average Bonchev–Trinajstić information content (AvgIpc) is 3.48. The maximum absolute atomic E-state index is 12.4. The number of hydrogen-bond acceptors (Lipinski definition) is 7. The fraction of sp³-hybridized carbons (Fsp3) is 0.625. The lowest BCUT2D eigenvalue weighted by Gasteiger charge is -2.56. The summed E-state index contributed by atoms with van der Waals surface area (Å²) in [7, 11) is 3.36. The quantitative estimate of drug-likeness (QED) is 0.355. The highest BCUT2D eigenvalue weighted by Crippen LogP contribution is 2.66. The zero-order valence-electron chi connectivity index (χ0n) is 24.0. The first kappa shape index (κ1) is 26.7. The predicted octanol–water partition coefficient (Wildman–Crippen LogP) is 7.80. The van der Waals surface area contributed by atoms with Crippen LogP contribution in [0.2, 0.25) is 0 Å². The molecule has 7 heteroatoms. The average molecular weight is 551 g/mol. The number of benzene rings is 1. The summed E-state index contributed by atoms with van der Waals surface area (Å²) in [5.74, 6) is 3.52. The van der Waals surface area contributed by atoms with Crippen LogP contribution in [0.15, 0.2) is 24.3 Å². The fourth-order valence-corrected chi connectivity index (χ4v) is 9.73. The summed E-state index contributed by atoms with van der Waals surface area (Å²) in [6.45, 7) is 6.98. The number of fused-ring (bicyclic) bond motifs is 7. The third-order valence-corrected chi connectivity index (χ3v) is 11.6. The SMILES string of the molecule is CCCC(=O)O[C@H]1CC[C@H]2[C@@H]3CC=C4c5sc(Nc6cc(OC)ccc6OC)nc5CC[C@]4(C)[C@H]3CC[C@]12C. The topological polar surface area (TPSA) is 69.7 Å². The van der Waals surface area contributed by atoms with Gasteiger partial charge in [-0.3, -0.25) is 4.79 Å². The molecule has 1 aromatic heterocycles. The molecule has 0 spiro atoms. The van der Waals surface area contributed by atoms with Crippen molar-refractivity contribution in [1.82, 2.24) is 4.98 Å². The molecule has 2 aromatic rings. The Kier molecular flexibility index (Phi) is 6.93. The van der Waals surface area contributed by atoms with E-state index in [2.05, 4.69) is 25.2 Å². The van der Waals surface area contributed by atoms with E-state index in [0.717, 1.165) is 60.8 Å². The molecule has 1 aromatic carbocycles. The van der Waals surface area contributed by atoms with Gasteiger partial charge in [-0.05, 0) is 92.2 Å². The Labute approximate surface area is 236 Å². The Balaban J connectivity index is 1.26. The Morgan fingerprint density at radius 1 is 1.13 bits per heavy atom. The van der Waals surface area contributed by atoms with Gasteiger partial charge in [0.2, 0.25) is 0 Å². The first-order chi connectivity index (χ1) is 18.8. The number of thiazole rings is 1. The minimum absolute atomic E-state index is 0.00901. The van der Waals surface area contributed by atoms with Gasteiger partial charge in [0.25, 0.3) is 0 Å². The molecule has 210 valence electrons. The molecule has 6 nitrogen and oxygen atoms in total. The fourth-order valence-electron chi connectivity index (χ4n) is 8.52. The number of aromatic nitrogens is 1. The number of esters is 1. The molecule has 0 radical (unpaired) electrons.